The minimum atomic E-state index is -0.299. The normalized spacial score (nSPS) is 19.3. The summed E-state index contributed by atoms with van der Waals surface area (Å²) in [6.07, 6.45) is 4.61. The zero-order valence-electron chi connectivity index (χ0n) is 11.9. The van der Waals surface area contributed by atoms with Crippen molar-refractivity contribution in [3.63, 3.8) is 0 Å². The fourth-order valence-corrected chi connectivity index (χ4v) is 2.66. The molecule has 1 N–H and O–H groups in total. The molecule has 0 bridgehead atoms. The molecule has 1 atom stereocenters. The maximum Gasteiger partial charge on any atom is 0.246 e. The van der Waals surface area contributed by atoms with Crippen molar-refractivity contribution >= 4 is 22.6 Å². The number of carbonyl (C=O) groups excluding carboxylic acids is 2. The standard InChI is InChI=1S/C16H17N3O2/c1-19-15(20)7-6-14(16(19)21)18-10-12-9-17-8-11-4-2-3-5-13(11)12/h2-5,8-9,14,18H,6-7,10H2,1H3. The second kappa shape index (κ2) is 5.61. The second-order valence-corrected chi connectivity index (χ2v) is 5.28. The Bertz CT molecular complexity index is 693. The third-order valence-electron chi connectivity index (χ3n) is 3.94. The number of aromatic nitrogens is 1. The van der Waals surface area contributed by atoms with Crippen LogP contribution in [0.1, 0.15) is 18.4 Å². The van der Waals surface area contributed by atoms with Crippen molar-refractivity contribution < 1.29 is 9.59 Å². The smallest absolute Gasteiger partial charge is 0.246 e. The molecule has 1 saturated heterocycles. The van der Waals surface area contributed by atoms with Gasteiger partial charge >= 0.3 is 0 Å². The van der Waals surface area contributed by atoms with Gasteiger partial charge < -0.3 is 5.32 Å². The van der Waals surface area contributed by atoms with E-state index in [1.165, 1.54) is 11.9 Å². The molecule has 1 fully saturated rings. The minimum absolute atomic E-state index is 0.107. The number of hydrogen-bond donors (Lipinski definition) is 1. The molecule has 1 aliphatic heterocycles. The first-order valence-electron chi connectivity index (χ1n) is 7.02. The van der Waals surface area contributed by atoms with Crippen LogP contribution in [0.15, 0.2) is 36.7 Å². The molecule has 5 heteroatoms. The number of piperidine rings is 1. The Labute approximate surface area is 123 Å². The summed E-state index contributed by atoms with van der Waals surface area (Å²) in [5, 5.41) is 5.46. The highest BCUT2D eigenvalue weighted by molar-refractivity contribution is 6.00. The van der Waals surface area contributed by atoms with Crippen LogP contribution in [0.2, 0.25) is 0 Å². The molecule has 5 nitrogen and oxygen atoms in total. The van der Waals surface area contributed by atoms with Crippen LogP contribution < -0.4 is 5.32 Å². The average Bonchev–Trinajstić information content (AvgIpc) is 2.52. The maximum absolute atomic E-state index is 12.0. The molecule has 0 spiro atoms. The van der Waals surface area contributed by atoms with E-state index in [-0.39, 0.29) is 17.9 Å². The van der Waals surface area contributed by atoms with Crippen molar-refractivity contribution in [2.75, 3.05) is 7.05 Å². The van der Waals surface area contributed by atoms with Crippen LogP contribution in [0.5, 0.6) is 0 Å². The predicted molar refractivity (Wildman–Crippen MR) is 79.4 cm³/mol. The van der Waals surface area contributed by atoms with Gasteiger partial charge in [0.2, 0.25) is 11.8 Å². The fraction of sp³-hybridized carbons (Fsp3) is 0.312. The summed E-state index contributed by atoms with van der Waals surface area (Å²) in [6, 6.07) is 7.74. The number of nitrogens with one attached hydrogen (secondary N) is 1. The van der Waals surface area contributed by atoms with Crippen LogP contribution in [-0.4, -0.2) is 34.8 Å². The Morgan fingerprint density at radius 1 is 1.29 bits per heavy atom. The second-order valence-electron chi connectivity index (χ2n) is 5.28. The zero-order chi connectivity index (χ0) is 14.8. The van der Waals surface area contributed by atoms with E-state index in [1.807, 2.05) is 36.7 Å². The summed E-state index contributed by atoms with van der Waals surface area (Å²) in [5.74, 6) is -0.260. The summed E-state index contributed by atoms with van der Waals surface area (Å²) >= 11 is 0. The van der Waals surface area contributed by atoms with Gasteiger partial charge in [0.25, 0.3) is 0 Å². The Morgan fingerprint density at radius 3 is 2.95 bits per heavy atom. The molecule has 1 unspecified atom stereocenters. The van der Waals surface area contributed by atoms with E-state index >= 15 is 0 Å². The van der Waals surface area contributed by atoms with Gasteiger partial charge in [0.1, 0.15) is 0 Å². The van der Waals surface area contributed by atoms with Gasteiger partial charge in [0.15, 0.2) is 0 Å². The molecule has 21 heavy (non-hydrogen) atoms. The van der Waals surface area contributed by atoms with Crippen LogP contribution in [0.25, 0.3) is 10.8 Å². The molecule has 3 rings (SSSR count). The Balaban J connectivity index is 1.75. The first-order valence-corrected chi connectivity index (χ1v) is 7.02. The van der Waals surface area contributed by atoms with Crippen molar-refractivity contribution in [2.45, 2.75) is 25.4 Å². The van der Waals surface area contributed by atoms with Crippen molar-refractivity contribution in [3.05, 3.63) is 42.2 Å². The number of likely N-dealkylation sites (N-methyl/N-ethyl adjacent to an activating group) is 1. The number of rotatable bonds is 3. The van der Waals surface area contributed by atoms with Crippen molar-refractivity contribution in [2.24, 2.45) is 0 Å². The maximum atomic E-state index is 12.0. The lowest BCUT2D eigenvalue weighted by atomic mass is 10.0. The molecule has 1 aromatic carbocycles. The highest BCUT2D eigenvalue weighted by atomic mass is 16.2. The Morgan fingerprint density at radius 2 is 2.10 bits per heavy atom. The van der Waals surface area contributed by atoms with Gasteiger partial charge in [-0.3, -0.25) is 19.5 Å². The molecular weight excluding hydrogens is 266 g/mol. The van der Waals surface area contributed by atoms with Crippen LogP contribution >= 0.6 is 0 Å². The quantitative estimate of drug-likeness (QED) is 0.867. The lowest BCUT2D eigenvalue weighted by Crippen LogP contribution is -2.51. The van der Waals surface area contributed by atoms with E-state index < -0.39 is 0 Å². The summed E-state index contributed by atoms with van der Waals surface area (Å²) in [7, 11) is 1.54. The number of carbonyl (C=O) groups is 2. The number of hydrogen-bond acceptors (Lipinski definition) is 4. The first-order chi connectivity index (χ1) is 10.2. The summed E-state index contributed by atoms with van der Waals surface area (Å²) in [4.78, 5) is 29.0. The lowest BCUT2D eigenvalue weighted by molar-refractivity contribution is -0.148. The lowest BCUT2D eigenvalue weighted by Gasteiger charge is -2.28. The number of nitrogens with zero attached hydrogens (tertiary/aromatic N) is 2. The van der Waals surface area contributed by atoms with Gasteiger partial charge in [-0.25, -0.2) is 0 Å². The van der Waals surface area contributed by atoms with Gasteiger partial charge in [-0.15, -0.1) is 0 Å². The molecule has 108 valence electrons. The third-order valence-corrected chi connectivity index (χ3v) is 3.94. The van der Waals surface area contributed by atoms with Crippen LogP contribution in [0.3, 0.4) is 0 Å². The number of likely N-dealkylation sites (tertiary alicyclic amines) is 1. The highest BCUT2D eigenvalue weighted by Crippen LogP contribution is 2.18. The van der Waals surface area contributed by atoms with Gasteiger partial charge in [-0.2, -0.15) is 0 Å². The Kier molecular flexibility index (Phi) is 3.66. The number of benzene rings is 1. The van der Waals surface area contributed by atoms with E-state index in [0.717, 1.165) is 16.3 Å². The van der Waals surface area contributed by atoms with Gasteiger partial charge in [0, 0.05) is 37.8 Å². The van der Waals surface area contributed by atoms with E-state index in [9.17, 15) is 9.59 Å². The Hall–Kier alpha value is -2.27. The summed E-state index contributed by atoms with van der Waals surface area (Å²) in [5.41, 5.74) is 1.06. The largest absolute Gasteiger partial charge is 0.302 e. The number of fused-ring (bicyclic) bond motifs is 1. The van der Waals surface area contributed by atoms with Crippen molar-refractivity contribution in [3.8, 4) is 0 Å². The van der Waals surface area contributed by atoms with Gasteiger partial charge in [-0.05, 0) is 17.4 Å². The van der Waals surface area contributed by atoms with Crippen LogP contribution in [0, 0.1) is 0 Å². The van der Waals surface area contributed by atoms with E-state index in [4.69, 9.17) is 0 Å². The topological polar surface area (TPSA) is 62.3 Å². The number of amides is 2. The van der Waals surface area contributed by atoms with Crippen molar-refractivity contribution in [1.82, 2.24) is 15.2 Å². The number of pyridine rings is 1. The molecule has 1 aliphatic rings. The molecular formula is C16H17N3O2. The monoisotopic (exact) mass is 283 g/mol. The molecule has 0 radical (unpaired) electrons. The molecule has 0 saturated carbocycles. The molecule has 1 aromatic heterocycles. The van der Waals surface area contributed by atoms with Crippen molar-refractivity contribution in [1.29, 1.82) is 0 Å². The molecule has 2 heterocycles. The average molecular weight is 283 g/mol. The first kappa shape index (κ1) is 13.7. The fourth-order valence-electron chi connectivity index (χ4n) is 2.66. The van der Waals surface area contributed by atoms with E-state index in [0.29, 0.717) is 19.4 Å². The molecule has 0 aliphatic carbocycles. The number of imide groups is 1. The van der Waals surface area contributed by atoms with Gasteiger partial charge in [-0.1, -0.05) is 24.3 Å². The summed E-state index contributed by atoms with van der Waals surface area (Å²) < 4.78 is 0. The third kappa shape index (κ3) is 2.64. The van der Waals surface area contributed by atoms with Crippen LogP contribution in [-0.2, 0) is 16.1 Å². The van der Waals surface area contributed by atoms with E-state index in [2.05, 4.69) is 10.3 Å². The minimum Gasteiger partial charge on any atom is -0.302 e. The van der Waals surface area contributed by atoms with E-state index in [1.54, 1.807) is 0 Å². The molecule has 2 aromatic rings. The molecule has 2 amide bonds. The summed E-state index contributed by atoms with van der Waals surface area (Å²) in [6.45, 7) is 0.562. The van der Waals surface area contributed by atoms with Gasteiger partial charge in [0.05, 0.1) is 6.04 Å². The zero-order valence-corrected chi connectivity index (χ0v) is 11.9. The SMILES string of the molecule is CN1C(=O)CCC(NCc2cncc3ccccc23)C1=O. The highest BCUT2D eigenvalue weighted by Gasteiger charge is 2.31. The van der Waals surface area contributed by atoms with Crippen LogP contribution in [0.4, 0.5) is 0 Å². The predicted octanol–water partition coefficient (Wildman–Crippen LogP) is 1.47.